The summed E-state index contributed by atoms with van der Waals surface area (Å²) in [5.74, 6) is 0.332. The van der Waals surface area contributed by atoms with Crippen molar-refractivity contribution in [3.63, 3.8) is 0 Å². The molecule has 0 saturated heterocycles. The summed E-state index contributed by atoms with van der Waals surface area (Å²) in [5.41, 5.74) is 2.43. The number of thioether (sulfide) groups is 1. The molecule has 130 valence electrons. The Hall–Kier alpha value is -1.85. The van der Waals surface area contributed by atoms with E-state index in [0.29, 0.717) is 16.2 Å². The highest BCUT2D eigenvalue weighted by Crippen LogP contribution is 2.39. The Morgan fingerprint density at radius 3 is 2.40 bits per heavy atom. The topological polar surface area (TPSA) is 37.4 Å². The zero-order valence-electron chi connectivity index (χ0n) is 14.5. The van der Waals surface area contributed by atoms with Crippen LogP contribution in [-0.2, 0) is 16.0 Å². The highest BCUT2D eigenvalue weighted by atomic mass is 32.2. The number of carbonyl (C=O) groups excluding carboxylic acids is 2. The lowest BCUT2D eigenvalue weighted by atomic mass is 10.1. The molecule has 3 rings (SSSR count). The van der Waals surface area contributed by atoms with Gasteiger partial charge in [-0.2, -0.15) is 0 Å². The molecule has 25 heavy (non-hydrogen) atoms. The van der Waals surface area contributed by atoms with Crippen molar-refractivity contribution >= 4 is 46.2 Å². The number of rotatable bonds is 7. The van der Waals surface area contributed by atoms with Gasteiger partial charge in [0.2, 0.25) is 0 Å². The molecule has 1 aliphatic rings. The predicted octanol–water partition coefficient (Wildman–Crippen LogP) is 5.13. The molecule has 0 aliphatic carbocycles. The first kappa shape index (κ1) is 18.0. The first-order valence-electron chi connectivity index (χ1n) is 8.56. The Kier molecular flexibility index (Phi) is 5.76. The van der Waals surface area contributed by atoms with Gasteiger partial charge in [0, 0.05) is 4.88 Å². The number of thiophene rings is 1. The molecule has 0 N–H and O–H groups in total. The molecular formula is C20H21NO2S2. The lowest BCUT2D eigenvalue weighted by Crippen LogP contribution is -2.31. The first-order valence-corrected chi connectivity index (χ1v) is 10.4. The molecule has 5 heteroatoms. The van der Waals surface area contributed by atoms with E-state index >= 15 is 0 Å². The van der Waals surface area contributed by atoms with Crippen LogP contribution in [0.15, 0.2) is 46.7 Å². The van der Waals surface area contributed by atoms with Crippen LogP contribution >= 0.6 is 23.1 Å². The van der Waals surface area contributed by atoms with Gasteiger partial charge in [-0.05, 0) is 47.7 Å². The molecule has 0 spiro atoms. The van der Waals surface area contributed by atoms with Crippen molar-refractivity contribution in [3.8, 4) is 0 Å². The lowest BCUT2D eigenvalue weighted by molar-refractivity contribution is -0.119. The number of carbonyl (C=O) groups is 2. The normalized spacial score (nSPS) is 14.7. The number of aryl methyl sites for hydroxylation is 1. The molecule has 1 aromatic heterocycles. The van der Waals surface area contributed by atoms with Crippen molar-refractivity contribution in [2.45, 2.75) is 33.1 Å². The molecule has 1 aliphatic heterocycles. The second-order valence-electron chi connectivity index (χ2n) is 5.83. The van der Waals surface area contributed by atoms with Gasteiger partial charge in [-0.3, -0.25) is 9.59 Å². The van der Waals surface area contributed by atoms with E-state index in [4.69, 9.17) is 0 Å². The number of hydrogen-bond donors (Lipinski definition) is 0. The molecule has 3 nitrogen and oxygen atoms in total. The molecule has 0 fully saturated rings. The fraction of sp³-hybridized carbons (Fsp3) is 0.300. The number of nitrogens with zero attached hydrogens (tertiary/aromatic N) is 1. The van der Waals surface area contributed by atoms with Crippen LogP contribution in [0.3, 0.4) is 0 Å². The lowest BCUT2D eigenvalue weighted by Gasteiger charge is -2.15. The zero-order valence-corrected chi connectivity index (χ0v) is 16.1. The number of benzene rings is 1. The summed E-state index contributed by atoms with van der Waals surface area (Å²) in [4.78, 5) is 28.6. The quantitative estimate of drug-likeness (QED) is 0.633. The Balaban J connectivity index is 1.92. The maximum atomic E-state index is 13.0. The minimum absolute atomic E-state index is 0.207. The Bertz CT molecular complexity index is 792. The number of unbranched alkanes of at least 4 members (excludes halogenated alkanes) is 1. The summed E-state index contributed by atoms with van der Waals surface area (Å²) in [6, 6.07) is 11.6. The third-order valence-corrected chi connectivity index (χ3v) is 5.95. The van der Waals surface area contributed by atoms with Crippen molar-refractivity contribution in [2.75, 3.05) is 10.7 Å². The Labute approximate surface area is 156 Å². The molecule has 0 radical (unpaired) electrons. The molecule has 0 bridgehead atoms. The van der Waals surface area contributed by atoms with Gasteiger partial charge in [-0.15, -0.1) is 23.1 Å². The molecule has 0 atom stereocenters. The third-order valence-electron chi connectivity index (χ3n) is 4.11. The van der Waals surface area contributed by atoms with Gasteiger partial charge >= 0.3 is 0 Å². The molecule has 1 aromatic carbocycles. The SMILES string of the molecule is CCCCc1ccc(N2C(=O)C(SCC)=C(c3cccs3)C2=O)cc1. The van der Waals surface area contributed by atoms with Crippen LogP contribution < -0.4 is 4.90 Å². The van der Waals surface area contributed by atoms with Crippen LogP contribution in [0.4, 0.5) is 5.69 Å². The minimum atomic E-state index is -0.218. The van der Waals surface area contributed by atoms with Gasteiger partial charge in [0.25, 0.3) is 11.8 Å². The van der Waals surface area contributed by atoms with Gasteiger partial charge in [0.15, 0.2) is 0 Å². The predicted molar refractivity (Wildman–Crippen MR) is 107 cm³/mol. The van der Waals surface area contributed by atoms with Crippen LogP contribution in [0.2, 0.25) is 0 Å². The van der Waals surface area contributed by atoms with E-state index < -0.39 is 0 Å². The first-order chi connectivity index (χ1) is 12.2. The van der Waals surface area contributed by atoms with Gasteiger partial charge in [-0.25, -0.2) is 4.90 Å². The fourth-order valence-corrected chi connectivity index (χ4v) is 4.53. The van der Waals surface area contributed by atoms with Gasteiger partial charge in [0.05, 0.1) is 16.2 Å². The number of amides is 2. The van der Waals surface area contributed by atoms with Crippen LogP contribution in [0, 0.1) is 0 Å². The minimum Gasteiger partial charge on any atom is -0.268 e. The highest BCUT2D eigenvalue weighted by molar-refractivity contribution is 8.04. The number of imide groups is 1. The second kappa shape index (κ2) is 8.02. The number of anilines is 1. The number of hydrogen-bond acceptors (Lipinski definition) is 4. The van der Waals surface area contributed by atoms with Crippen molar-refractivity contribution in [1.29, 1.82) is 0 Å². The largest absolute Gasteiger partial charge is 0.272 e. The summed E-state index contributed by atoms with van der Waals surface area (Å²) >= 11 is 2.94. The smallest absolute Gasteiger partial charge is 0.268 e. The van der Waals surface area contributed by atoms with E-state index in [1.54, 1.807) is 0 Å². The van der Waals surface area contributed by atoms with Crippen LogP contribution in [0.5, 0.6) is 0 Å². The van der Waals surface area contributed by atoms with Gasteiger partial charge in [-0.1, -0.05) is 38.5 Å². The fourth-order valence-electron chi connectivity index (χ4n) is 2.85. The van der Waals surface area contributed by atoms with E-state index in [1.807, 2.05) is 48.7 Å². The zero-order chi connectivity index (χ0) is 17.8. The van der Waals surface area contributed by atoms with Crippen LogP contribution in [0.25, 0.3) is 5.57 Å². The molecule has 2 aromatic rings. The van der Waals surface area contributed by atoms with E-state index in [2.05, 4.69) is 6.92 Å². The molecule has 2 amide bonds. The maximum Gasteiger partial charge on any atom is 0.272 e. The third kappa shape index (κ3) is 3.58. The maximum absolute atomic E-state index is 13.0. The van der Waals surface area contributed by atoms with Crippen molar-refractivity contribution < 1.29 is 9.59 Å². The van der Waals surface area contributed by atoms with Crippen molar-refractivity contribution in [2.24, 2.45) is 0 Å². The summed E-state index contributed by atoms with van der Waals surface area (Å²) in [6.07, 6.45) is 3.31. The average molecular weight is 372 g/mol. The Morgan fingerprint density at radius 2 is 1.80 bits per heavy atom. The summed E-state index contributed by atoms with van der Waals surface area (Å²) < 4.78 is 0. The molecular weight excluding hydrogens is 350 g/mol. The van der Waals surface area contributed by atoms with Crippen LogP contribution in [0.1, 0.15) is 37.1 Å². The monoisotopic (exact) mass is 371 g/mol. The summed E-state index contributed by atoms with van der Waals surface area (Å²) in [5, 5.41) is 1.93. The van der Waals surface area contributed by atoms with Gasteiger partial charge in [0.1, 0.15) is 0 Å². The molecule has 0 saturated carbocycles. The molecule has 2 heterocycles. The summed E-state index contributed by atoms with van der Waals surface area (Å²) in [7, 11) is 0. The van der Waals surface area contributed by atoms with Crippen molar-refractivity contribution in [3.05, 3.63) is 57.1 Å². The second-order valence-corrected chi connectivity index (χ2v) is 8.05. The van der Waals surface area contributed by atoms with E-state index in [-0.39, 0.29) is 11.8 Å². The average Bonchev–Trinajstić information content (AvgIpc) is 3.22. The van der Waals surface area contributed by atoms with E-state index in [9.17, 15) is 9.59 Å². The Morgan fingerprint density at radius 1 is 1.04 bits per heavy atom. The standard InChI is InChI=1S/C20H21NO2S2/c1-3-5-7-14-9-11-15(12-10-14)21-19(22)17(16-8-6-13-25-16)18(20(21)23)24-4-2/h6,8-13H,3-5,7H2,1-2H3. The van der Waals surface area contributed by atoms with Gasteiger partial charge < -0.3 is 0 Å². The van der Waals surface area contributed by atoms with Crippen molar-refractivity contribution in [1.82, 2.24) is 0 Å². The summed E-state index contributed by atoms with van der Waals surface area (Å²) in [6.45, 7) is 4.16. The molecule has 0 unspecified atom stereocenters. The van der Waals surface area contributed by atoms with E-state index in [1.165, 1.54) is 33.6 Å². The highest BCUT2D eigenvalue weighted by Gasteiger charge is 2.40. The van der Waals surface area contributed by atoms with E-state index in [0.717, 1.165) is 29.9 Å². The van der Waals surface area contributed by atoms with Crippen LogP contribution in [-0.4, -0.2) is 17.6 Å².